The molecule has 0 spiro atoms. The van der Waals surface area contributed by atoms with Gasteiger partial charge in [-0.25, -0.2) is 0 Å². The Morgan fingerprint density at radius 3 is 2.88 bits per heavy atom. The summed E-state index contributed by atoms with van der Waals surface area (Å²) in [4.78, 5) is 11.9. The Hall–Kier alpha value is -1.63. The van der Waals surface area contributed by atoms with Gasteiger partial charge in [0, 0.05) is 0 Å². The van der Waals surface area contributed by atoms with Crippen molar-refractivity contribution in [3.05, 3.63) is 16.8 Å². The second-order valence-corrected chi connectivity index (χ2v) is 3.68. The molecule has 6 nitrogen and oxygen atoms in total. The van der Waals surface area contributed by atoms with Gasteiger partial charge in [0.2, 0.25) is 11.8 Å². The Morgan fingerprint density at radius 1 is 1.44 bits per heavy atom. The minimum absolute atomic E-state index is 0.0942. The van der Waals surface area contributed by atoms with E-state index in [9.17, 15) is 0 Å². The van der Waals surface area contributed by atoms with E-state index in [-0.39, 0.29) is 12.0 Å². The fraction of sp³-hybridized carbons (Fsp3) is 0.222. The maximum atomic E-state index is 5.55. The summed E-state index contributed by atoms with van der Waals surface area (Å²) >= 11 is 3.32. The van der Waals surface area contributed by atoms with Gasteiger partial charge in [0.05, 0.1) is 17.3 Å². The molecule has 2 heterocycles. The summed E-state index contributed by atoms with van der Waals surface area (Å²) < 4.78 is 11.1. The van der Waals surface area contributed by atoms with Crippen LogP contribution >= 0.6 is 15.9 Å². The highest BCUT2D eigenvalue weighted by atomic mass is 79.9. The molecule has 0 aliphatic carbocycles. The maximum Gasteiger partial charge on any atom is 0.321 e. The lowest BCUT2D eigenvalue weighted by Crippen LogP contribution is -2.04. The first kappa shape index (κ1) is 10.9. The van der Waals surface area contributed by atoms with E-state index in [2.05, 4.69) is 30.9 Å². The molecule has 84 valence electrons. The number of rotatable bonds is 3. The van der Waals surface area contributed by atoms with Crippen molar-refractivity contribution >= 4 is 21.9 Å². The van der Waals surface area contributed by atoms with E-state index in [4.69, 9.17) is 14.9 Å². The van der Waals surface area contributed by atoms with Gasteiger partial charge in [0.15, 0.2) is 5.76 Å². The van der Waals surface area contributed by atoms with E-state index in [0.717, 1.165) is 4.47 Å². The molecular weight excluding hydrogens is 276 g/mol. The van der Waals surface area contributed by atoms with Crippen molar-refractivity contribution in [1.29, 1.82) is 0 Å². The average molecular weight is 285 g/mol. The third-order valence-corrected chi connectivity index (χ3v) is 2.35. The molecule has 0 fully saturated rings. The monoisotopic (exact) mass is 284 g/mol. The van der Waals surface area contributed by atoms with Crippen LogP contribution in [0.3, 0.4) is 0 Å². The van der Waals surface area contributed by atoms with Crippen LogP contribution in [0, 0.1) is 0 Å². The smallest absolute Gasteiger partial charge is 0.321 e. The van der Waals surface area contributed by atoms with Crippen molar-refractivity contribution in [1.82, 2.24) is 15.0 Å². The zero-order chi connectivity index (χ0) is 11.5. The molecule has 0 saturated carbocycles. The number of nitrogens with zero attached hydrogens (tertiary/aromatic N) is 3. The van der Waals surface area contributed by atoms with E-state index in [0.29, 0.717) is 18.2 Å². The molecule has 2 aromatic rings. The van der Waals surface area contributed by atoms with Crippen molar-refractivity contribution in [3.63, 3.8) is 0 Å². The summed E-state index contributed by atoms with van der Waals surface area (Å²) in [7, 11) is 0. The predicted molar refractivity (Wildman–Crippen MR) is 60.8 cm³/mol. The van der Waals surface area contributed by atoms with E-state index >= 15 is 0 Å². The predicted octanol–water partition coefficient (Wildman–Crippen LogP) is 1.87. The standard InChI is InChI=1S/C9H9BrN4O2/c1-2-15-9-13-7(12-8(11)14-9)6-5(10)3-4-16-6/h3-4H,2H2,1H3,(H2,11,12,13,14). The number of aromatic nitrogens is 3. The van der Waals surface area contributed by atoms with E-state index in [1.165, 1.54) is 6.26 Å². The summed E-state index contributed by atoms with van der Waals surface area (Å²) in [6, 6.07) is 1.93. The van der Waals surface area contributed by atoms with E-state index < -0.39 is 0 Å². The van der Waals surface area contributed by atoms with Crippen LogP contribution in [0.2, 0.25) is 0 Å². The third-order valence-electron chi connectivity index (χ3n) is 1.73. The number of hydrogen-bond donors (Lipinski definition) is 1. The Bertz CT molecular complexity index is 500. The molecule has 16 heavy (non-hydrogen) atoms. The number of hydrogen-bond acceptors (Lipinski definition) is 6. The molecule has 2 rings (SSSR count). The minimum atomic E-state index is 0.0942. The van der Waals surface area contributed by atoms with Gasteiger partial charge in [-0.3, -0.25) is 0 Å². The highest BCUT2D eigenvalue weighted by Crippen LogP contribution is 2.27. The van der Waals surface area contributed by atoms with Crippen LogP contribution in [-0.4, -0.2) is 21.6 Å². The molecular formula is C9H9BrN4O2. The Kier molecular flexibility index (Phi) is 3.04. The van der Waals surface area contributed by atoms with Gasteiger partial charge < -0.3 is 14.9 Å². The second kappa shape index (κ2) is 4.48. The molecule has 0 radical (unpaired) electrons. The van der Waals surface area contributed by atoms with Crippen molar-refractivity contribution in [2.45, 2.75) is 6.92 Å². The number of anilines is 1. The number of nitrogen functional groups attached to an aromatic ring is 1. The first-order valence-electron chi connectivity index (χ1n) is 4.58. The van der Waals surface area contributed by atoms with Crippen LogP contribution in [0.1, 0.15) is 6.92 Å². The van der Waals surface area contributed by atoms with Crippen molar-refractivity contribution < 1.29 is 9.15 Å². The molecule has 0 saturated heterocycles. The fourth-order valence-corrected chi connectivity index (χ4v) is 1.50. The first-order valence-corrected chi connectivity index (χ1v) is 5.37. The molecule has 0 aliphatic heterocycles. The van der Waals surface area contributed by atoms with Crippen LogP contribution in [0.5, 0.6) is 6.01 Å². The molecule has 0 atom stereocenters. The Labute approximate surface area is 100.0 Å². The quantitative estimate of drug-likeness (QED) is 0.926. The van der Waals surface area contributed by atoms with Gasteiger partial charge in [-0.2, -0.15) is 15.0 Å². The van der Waals surface area contributed by atoms with Gasteiger partial charge >= 0.3 is 6.01 Å². The summed E-state index contributed by atoms with van der Waals surface area (Å²) in [5.74, 6) is 0.930. The largest absolute Gasteiger partial charge is 0.464 e. The lowest BCUT2D eigenvalue weighted by atomic mass is 10.4. The van der Waals surface area contributed by atoms with Crippen LogP contribution in [0.25, 0.3) is 11.6 Å². The van der Waals surface area contributed by atoms with Crippen LogP contribution < -0.4 is 10.5 Å². The zero-order valence-corrected chi connectivity index (χ0v) is 10.1. The van der Waals surface area contributed by atoms with Crippen LogP contribution in [-0.2, 0) is 0 Å². The molecule has 0 aliphatic rings. The van der Waals surface area contributed by atoms with Crippen molar-refractivity contribution in [2.75, 3.05) is 12.3 Å². The average Bonchev–Trinajstić information content (AvgIpc) is 2.64. The van der Waals surface area contributed by atoms with Crippen molar-refractivity contribution in [2.24, 2.45) is 0 Å². The number of furan rings is 1. The SMILES string of the molecule is CCOc1nc(N)nc(-c2occc2Br)n1. The Morgan fingerprint density at radius 2 is 2.25 bits per heavy atom. The maximum absolute atomic E-state index is 5.55. The topological polar surface area (TPSA) is 87.1 Å². The van der Waals surface area contributed by atoms with Gasteiger partial charge in [0.25, 0.3) is 0 Å². The minimum Gasteiger partial charge on any atom is -0.464 e. The summed E-state index contributed by atoms with van der Waals surface area (Å²) in [6.45, 7) is 2.30. The summed E-state index contributed by atoms with van der Waals surface area (Å²) in [6.07, 6.45) is 1.53. The van der Waals surface area contributed by atoms with Crippen LogP contribution in [0.4, 0.5) is 5.95 Å². The third kappa shape index (κ3) is 2.13. The first-order chi connectivity index (χ1) is 7.70. The molecule has 2 N–H and O–H groups in total. The highest BCUT2D eigenvalue weighted by Gasteiger charge is 2.13. The fourth-order valence-electron chi connectivity index (χ4n) is 1.12. The van der Waals surface area contributed by atoms with Gasteiger partial charge in [0.1, 0.15) is 0 Å². The molecule has 0 unspecified atom stereocenters. The lowest BCUT2D eigenvalue weighted by molar-refractivity contribution is 0.312. The molecule has 7 heteroatoms. The van der Waals surface area contributed by atoms with E-state index in [1.54, 1.807) is 6.07 Å². The normalized spacial score (nSPS) is 10.4. The van der Waals surface area contributed by atoms with Gasteiger partial charge in [-0.15, -0.1) is 0 Å². The van der Waals surface area contributed by atoms with Crippen molar-refractivity contribution in [3.8, 4) is 17.6 Å². The zero-order valence-electron chi connectivity index (χ0n) is 8.48. The van der Waals surface area contributed by atoms with Gasteiger partial charge in [-0.1, -0.05) is 0 Å². The molecule has 0 bridgehead atoms. The number of halogens is 1. The van der Waals surface area contributed by atoms with Crippen LogP contribution in [0.15, 0.2) is 21.2 Å². The second-order valence-electron chi connectivity index (χ2n) is 2.83. The number of nitrogens with two attached hydrogens (primary N) is 1. The molecule has 0 aromatic carbocycles. The highest BCUT2D eigenvalue weighted by molar-refractivity contribution is 9.10. The number of ether oxygens (including phenoxy) is 1. The molecule has 2 aromatic heterocycles. The van der Waals surface area contributed by atoms with E-state index in [1.807, 2.05) is 6.92 Å². The lowest BCUT2D eigenvalue weighted by Gasteiger charge is -2.03. The summed E-state index contributed by atoms with van der Waals surface area (Å²) in [5.41, 5.74) is 5.55. The Balaban J connectivity index is 2.45. The molecule has 0 amide bonds. The van der Waals surface area contributed by atoms with Gasteiger partial charge in [-0.05, 0) is 28.9 Å². The summed E-state index contributed by atoms with van der Waals surface area (Å²) in [5, 5.41) is 0.